The topological polar surface area (TPSA) is 82.1 Å². The van der Waals surface area contributed by atoms with E-state index in [1.165, 1.54) is 6.92 Å². The molecule has 1 aliphatic heterocycles. The molecule has 3 aliphatic rings. The van der Waals surface area contributed by atoms with Gasteiger partial charge >= 0.3 is 11.9 Å². The number of aliphatic hydroxyl groups is 1. The molecule has 1 heterocycles. The molecule has 180 valence electrons. The molecule has 32 heavy (non-hydrogen) atoms. The maximum absolute atomic E-state index is 12.3. The van der Waals surface area contributed by atoms with Crippen LogP contribution in [0.15, 0.2) is 24.8 Å². The van der Waals surface area contributed by atoms with E-state index in [4.69, 9.17) is 14.2 Å². The zero-order valence-corrected chi connectivity index (χ0v) is 20.1. The number of hydrogen-bond donors (Lipinski definition) is 1. The lowest BCUT2D eigenvalue weighted by Gasteiger charge is -2.61. The lowest BCUT2D eigenvalue weighted by molar-refractivity contribution is -0.238. The Morgan fingerprint density at radius 1 is 1.25 bits per heavy atom. The highest BCUT2D eigenvalue weighted by molar-refractivity contribution is 5.69. The quantitative estimate of drug-likeness (QED) is 0.420. The number of rotatable bonds is 8. The molecule has 0 bridgehead atoms. The average molecular weight is 449 g/mol. The van der Waals surface area contributed by atoms with Gasteiger partial charge in [-0.3, -0.25) is 9.59 Å². The van der Waals surface area contributed by atoms with Crippen molar-refractivity contribution < 1.29 is 28.9 Å². The smallest absolute Gasteiger partial charge is 0.308 e. The Kier molecular flexibility index (Phi) is 7.55. The van der Waals surface area contributed by atoms with Crippen molar-refractivity contribution in [2.24, 2.45) is 28.6 Å². The van der Waals surface area contributed by atoms with E-state index in [1.807, 2.05) is 6.92 Å². The predicted octanol–water partition coefficient (Wildman–Crippen LogP) is 4.91. The number of allylic oxidation sites excluding steroid dienone is 2. The van der Waals surface area contributed by atoms with Gasteiger partial charge in [-0.15, -0.1) is 0 Å². The first-order valence-electron chi connectivity index (χ1n) is 12.1. The summed E-state index contributed by atoms with van der Waals surface area (Å²) in [6.45, 7) is 15.8. The fourth-order valence-corrected chi connectivity index (χ4v) is 6.65. The molecule has 2 saturated carbocycles. The summed E-state index contributed by atoms with van der Waals surface area (Å²) in [6, 6.07) is 0. The van der Waals surface area contributed by atoms with Crippen molar-refractivity contribution in [2.75, 3.05) is 0 Å². The summed E-state index contributed by atoms with van der Waals surface area (Å²) < 4.78 is 17.7. The number of ether oxygens (including phenoxy) is 3. The molecule has 1 N–H and O–H groups in total. The molecule has 3 fully saturated rings. The molecular weight excluding hydrogens is 408 g/mol. The van der Waals surface area contributed by atoms with Gasteiger partial charge in [0.1, 0.15) is 0 Å². The minimum Gasteiger partial charge on any atom is -0.435 e. The lowest BCUT2D eigenvalue weighted by atomic mass is 9.44. The van der Waals surface area contributed by atoms with Crippen LogP contribution in [0.5, 0.6) is 0 Å². The van der Waals surface area contributed by atoms with Crippen LogP contribution >= 0.6 is 0 Å². The minimum atomic E-state index is -0.809. The standard InChI is InChI=1S/C26H40O6/c1-7-9-22(29)31-23-20-14-19(28)15-21-25(6,12-10-16(3)8-2)17(4)11-13-26(20,21)24(32-23)30-18(5)27/h8,17,19-21,23-24,28H,2-3,7,9-15H2,1,4-6H3/t17-,19-,20+,21+,23+,24-,25-,26-/m0/s1. The third kappa shape index (κ3) is 4.41. The van der Waals surface area contributed by atoms with Gasteiger partial charge in [-0.1, -0.05) is 45.6 Å². The first-order chi connectivity index (χ1) is 15.1. The molecule has 2 aliphatic carbocycles. The molecule has 0 unspecified atom stereocenters. The molecule has 6 heteroatoms. The van der Waals surface area contributed by atoms with E-state index < -0.39 is 30.1 Å². The van der Waals surface area contributed by atoms with Gasteiger partial charge in [0.25, 0.3) is 0 Å². The van der Waals surface area contributed by atoms with E-state index in [0.29, 0.717) is 31.6 Å². The van der Waals surface area contributed by atoms with Crippen molar-refractivity contribution >= 4 is 11.9 Å². The number of carbonyl (C=O) groups excluding carboxylic acids is 2. The highest BCUT2D eigenvalue weighted by atomic mass is 16.8. The van der Waals surface area contributed by atoms with Crippen molar-refractivity contribution in [1.82, 2.24) is 0 Å². The Hall–Kier alpha value is -1.66. The van der Waals surface area contributed by atoms with E-state index in [9.17, 15) is 14.7 Å². The van der Waals surface area contributed by atoms with Gasteiger partial charge in [-0.05, 0) is 62.2 Å². The highest BCUT2D eigenvalue weighted by Gasteiger charge is 2.70. The van der Waals surface area contributed by atoms with Crippen molar-refractivity contribution in [2.45, 2.75) is 97.7 Å². The van der Waals surface area contributed by atoms with Crippen LogP contribution in [-0.2, 0) is 23.8 Å². The van der Waals surface area contributed by atoms with Crippen molar-refractivity contribution in [1.29, 1.82) is 0 Å². The maximum atomic E-state index is 12.3. The third-order valence-electron chi connectivity index (χ3n) is 8.58. The third-order valence-corrected chi connectivity index (χ3v) is 8.58. The van der Waals surface area contributed by atoms with E-state index in [2.05, 4.69) is 27.0 Å². The highest BCUT2D eigenvalue weighted by Crippen LogP contribution is 2.68. The molecule has 8 atom stereocenters. The zero-order valence-electron chi connectivity index (χ0n) is 20.1. The zero-order chi connectivity index (χ0) is 23.7. The van der Waals surface area contributed by atoms with Gasteiger partial charge in [0.15, 0.2) is 0 Å². The van der Waals surface area contributed by atoms with Gasteiger partial charge in [0.05, 0.1) is 6.10 Å². The molecule has 3 rings (SSSR count). The second-order valence-corrected chi connectivity index (χ2v) is 10.4. The summed E-state index contributed by atoms with van der Waals surface area (Å²) >= 11 is 0. The molecular formula is C26H40O6. The van der Waals surface area contributed by atoms with Crippen molar-refractivity contribution in [3.8, 4) is 0 Å². The molecule has 1 saturated heterocycles. The van der Waals surface area contributed by atoms with Crippen LogP contribution in [0.4, 0.5) is 0 Å². The molecule has 6 nitrogen and oxygen atoms in total. The number of aliphatic hydroxyl groups excluding tert-OH is 1. The largest absolute Gasteiger partial charge is 0.435 e. The normalized spacial score (nSPS) is 40.7. The summed E-state index contributed by atoms with van der Waals surface area (Å²) in [6.07, 6.45) is 5.27. The van der Waals surface area contributed by atoms with E-state index in [1.54, 1.807) is 6.08 Å². The number of carbonyl (C=O) groups is 2. The van der Waals surface area contributed by atoms with Gasteiger partial charge < -0.3 is 19.3 Å². The van der Waals surface area contributed by atoms with Crippen LogP contribution in [0.25, 0.3) is 0 Å². The fourth-order valence-electron chi connectivity index (χ4n) is 6.65. The lowest BCUT2D eigenvalue weighted by Crippen LogP contribution is -2.60. The predicted molar refractivity (Wildman–Crippen MR) is 121 cm³/mol. The fraction of sp³-hybridized carbons (Fsp3) is 0.769. The van der Waals surface area contributed by atoms with Gasteiger partial charge in [-0.25, -0.2) is 0 Å². The van der Waals surface area contributed by atoms with Crippen LogP contribution in [0.1, 0.15) is 79.1 Å². The van der Waals surface area contributed by atoms with E-state index >= 15 is 0 Å². The Morgan fingerprint density at radius 3 is 2.59 bits per heavy atom. The monoisotopic (exact) mass is 448 g/mol. The van der Waals surface area contributed by atoms with Crippen LogP contribution in [0, 0.1) is 28.6 Å². The Morgan fingerprint density at radius 2 is 1.97 bits per heavy atom. The summed E-state index contributed by atoms with van der Waals surface area (Å²) in [4.78, 5) is 24.4. The van der Waals surface area contributed by atoms with Crippen molar-refractivity contribution in [3.63, 3.8) is 0 Å². The first-order valence-corrected chi connectivity index (χ1v) is 12.1. The Bertz CT molecular complexity index is 747. The van der Waals surface area contributed by atoms with Crippen LogP contribution < -0.4 is 0 Å². The Balaban J connectivity index is 2.01. The summed E-state index contributed by atoms with van der Waals surface area (Å²) in [5.41, 5.74) is 0.392. The maximum Gasteiger partial charge on any atom is 0.308 e. The number of hydrogen-bond acceptors (Lipinski definition) is 6. The second kappa shape index (κ2) is 9.68. The molecule has 0 aromatic rings. The van der Waals surface area contributed by atoms with Crippen LogP contribution in [0.2, 0.25) is 0 Å². The van der Waals surface area contributed by atoms with Gasteiger partial charge in [-0.2, -0.15) is 0 Å². The first kappa shape index (κ1) is 25.0. The molecule has 0 aromatic carbocycles. The summed E-state index contributed by atoms with van der Waals surface area (Å²) in [5, 5.41) is 10.9. The van der Waals surface area contributed by atoms with E-state index in [0.717, 1.165) is 31.3 Å². The SMILES string of the molecule is C=CC(=C)CC[C@]1(C)[C@H]2C[C@@H](O)C[C@@H]3[C@H](OC(=O)CCC)O[C@H](OC(C)=O)[C@@]32CC[C@@H]1C. The second-order valence-electron chi connectivity index (χ2n) is 10.4. The Labute approximate surface area is 192 Å². The van der Waals surface area contributed by atoms with Gasteiger partial charge in [0.2, 0.25) is 12.6 Å². The molecule has 0 radical (unpaired) electrons. The molecule has 1 spiro atoms. The van der Waals surface area contributed by atoms with Gasteiger partial charge in [0, 0.05) is 24.7 Å². The molecule has 0 amide bonds. The van der Waals surface area contributed by atoms with Crippen LogP contribution in [0.3, 0.4) is 0 Å². The van der Waals surface area contributed by atoms with Crippen molar-refractivity contribution in [3.05, 3.63) is 24.8 Å². The summed E-state index contributed by atoms with van der Waals surface area (Å²) in [5.74, 6) is -0.461. The minimum absolute atomic E-state index is 0.0596. The number of esters is 2. The average Bonchev–Trinajstić information content (AvgIpc) is 3.00. The molecule has 0 aromatic heterocycles. The van der Waals surface area contributed by atoms with E-state index in [-0.39, 0.29) is 23.2 Å². The summed E-state index contributed by atoms with van der Waals surface area (Å²) in [7, 11) is 0. The van der Waals surface area contributed by atoms with Crippen LogP contribution in [-0.4, -0.2) is 35.7 Å².